The van der Waals surface area contributed by atoms with Crippen LogP contribution in [0.25, 0.3) is 5.78 Å². The Hall–Kier alpha value is -2.49. The Labute approximate surface area is 167 Å². The van der Waals surface area contributed by atoms with Crippen LogP contribution in [0.3, 0.4) is 0 Å². The Kier molecular flexibility index (Phi) is 5.42. The summed E-state index contributed by atoms with van der Waals surface area (Å²) < 4.78 is 40.5. The van der Waals surface area contributed by atoms with E-state index in [4.69, 9.17) is 0 Å². The van der Waals surface area contributed by atoms with Gasteiger partial charge in [0, 0.05) is 28.0 Å². The van der Waals surface area contributed by atoms with E-state index in [1.165, 1.54) is 0 Å². The summed E-state index contributed by atoms with van der Waals surface area (Å²) in [5, 5.41) is 6.36. The van der Waals surface area contributed by atoms with Gasteiger partial charge < -0.3 is 5.32 Å². The van der Waals surface area contributed by atoms with Crippen molar-refractivity contribution in [2.24, 2.45) is 0 Å². The average molecular weight is 456 g/mol. The van der Waals surface area contributed by atoms with Crippen LogP contribution >= 0.6 is 15.9 Å². The van der Waals surface area contributed by atoms with Crippen LogP contribution in [0.4, 0.5) is 18.9 Å². The number of nitrogens with zero attached hydrogens (tertiary/aromatic N) is 4. The highest BCUT2D eigenvalue weighted by atomic mass is 79.9. The van der Waals surface area contributed by atoms with E-state index in [-0.39, 0.29) is 18.1 Å². The normalized spacial score (nSPS) is 11.8. The molecule has 0 radical (unpaired) electrons. The molecule has 0 unspecified atom stereocenters. The summed E-state index contributed by atoms with van der Waals surface area (Å²) in [5.41, 5.74) is 3.31. The number of aryl methyl sites for hydroxylation is 3. The Bertz CT molecular complexity index is 1060. The highest BCUT2D eigenvalue weighted by Gasteiger charge is 2.36. The number of anilines is 1. The van der Waals surface area contributed by atoms with Crippen LogP contribution < -0.4 is 5.32 Å². The third kappa shape index (κ3) is 4.16. The summed E-state index contributed by atoms with van der Waals surface area (Å²) >= 11 is 3.36. The molecule has 6 nitrogen and oxygen atoms in total. The fraction of sp³-hybridized carbons (Fsp3) is 0.333. The van der Waals surface area contributed by atoms with Crippen molar-refractivity contribution in [1.29, 1.82) is 0 Å². The number of nitrogens with one attached hydrogen (secondary N) is 1. The maximum Gasteiger partial charge on any atom is 0.453 e. The molecular weight excluding hydrogens is 439 g/mol. The van der Waals surface area contributed by atoms with E-state index in [1.54, 1.807) is 13.8 Å². The molecule has 2 aromatic heterocycles. The van der Waals surface area contributed by atoms with Crippen molar-refractivity contribution in [1.82, 2.24) is 19.6 Å². The van der Waals surface area contributed by atoms with Gasteiger partial charge in [-0.3, -0.25) is 4.79 Å². The van der Waals surface area contributed by atoms with Crippen molar-refractivity contribution < 1.29 is 18.0 Å². The highest BCUT2D eigenvalue weighted by molar-refractivity contribution is 9.10. The number of benzene rings is 1. The quantitative estimate of drug-likeness (QED) is 0.632. The summed E-state index contributed by atoms with van der Waals surface area (Å²) in [6.45, 7) is 5.21. The SMILES string of the molecule is Cc1ccc(Br)cc1NC(=O)CCc1c(C)nc2nc(C(F)(F)F)nn2c1C. The van der Waals surface area contributed by atoms with Crippen LogP contribution in [0.5, 0.6) is 0 Å². The number of fused-ring (bicyclic) bond motifs is 1. The number of alkyl halides is 3. The van der Waals surface area contributed by atoms with Crippen LogP contribution in [0.1, 0.15) is 34.8 Å². The zero-order chi connectivity index (χ0) is 20.6. The maximum atomic E-state index is 12.9. The van der Waals surface area contributed by atoms with Crippen molar-refractivity contribution in [3.63, 3.8) is 0 Å². The van der Waals surface area contributed by atoms with Crippen molar-refractivity contribution in [2.75, 3.05) is 5.32 Å². The second kappa shape index (κ2) is 7.50. The van der Waals surface area contributed by atoms with Gasteiger partial charge in [-0.2, -0.15) is 18.2 Å². The standard InChI is InChI=1S/C18H17BrF3N5O/c1-9-4-5-12(19)8-14(9)24-15(28)7-6-13-10(2)23-17-25-16(18(20,21)22)26-27(17)11(13)3/h4-5,8H,6-7H2,1-3H3,(H,24,28). The molecule has 148 valence electrons. The van der Waals surface area contributed by atoms with Gasteiger partial charge >= 0.3 is 6.18 Å². The predicted octanol–water partition coefficient (Wildman–Crippen LogP) is 4.40. The molecule has 0 aliphatic carbocycles. The number of rotatable bonds is 4. The first-order valence-corrected chi connectivity index (χ1v) is 9.21. The number of carbonyl (C=O) groups is 1. The third-order valence-electron chi connectivity index (χ3n) is 4.38. The molecular formula is C18H17BrF3N5O. The first kappa shape index (κ1) is 20.2. The molecule has 0 aliphatic rings. The molecule has 3 rings (SSSR count). The molecule has 1 N–H and O–H groups in total. The molecule has 0 bridgehead atoms. The molecule has 10 heteroatoms. The van der Waals surface area contributed by atoms with Gasteiger partial charge in [0.25, 0.3) is 11.6 Å². The smallest absolute Gasteiger partial charge is 0.326 e. The second-order valence-electron chi connectivity index (χ2n) is 6.41. The summed E-state index contributed by atoms with van der Waals surface area (Å²) in [6.07, 6.45) is -4.17. The van der Waals surface area contributed by atoms with Gasteiger partial charge in [-0.15, -0.1) is 5.10 Å². The van der Waals surface area contributed by atoms with Gasteiger partial charge in [0.2, 0.25) is 5.91 Å². The fourth-order valence-electron chi connectivity index (χ4n) is 2.87. The lowest BCUT2D eigenvalue weighted by molar-refractivity contribution is -0.144. The molecule has 3 aromatic rings. The maximum absolute atomic E-state index is 12.9. The summed E-state index contributed by atoms with van der Waals surface area (Å²) in [7, 11) is 0. The molecule has 0 aliphatic heterocycles. The van der Waals surface area contributed by atoms with E-state index < -0.39 is 12.0 Å². The average Bonchev–Trinajstić information content (AvgIpc) is 3.02. The van der Waals surface area contributed by atoms with Crippen LogP contribution in [0.2, 0.25) is 0 Å². The predicted molar refractivity (Wildman–Crippen MR) is 101 cm³/mol. The Morgan fingerprint density at radius 2 is 1.93 bits per heavy atom. The number of halogens is 4. The van der Waals surface area contributed by atoms with E-state index >= 15 is 0 Å². The molecule has 1 amide bonds. The number of aromatic nitrogens is 4. The van der Waals surface area contributed by atoms with E-state index in [0.29, 0.717) is 29.1 Å². The number of amides is 1. The van der Waals surface area contributed by atoms with E-state index in [2.05, 4.69) is 36.3 Å². The lowest BCUT2D eigenvalue weighted by atomic mass is 10.1. The van der Waals surface area contributed by atoms with Gasteiger partial charge in [0.15, 0.2) is 0 Å². The summed E-state index contributed by atoms with van der Waals surface area (Å²) in [6, 6.07) is 5.58. The van der Waals surface area contributed by atoms with Crippen LogP contribution in [-0.4, -0.2) is 25.5 Å². The van der Waals surface area contributed by atoms with Crippen molar-refractivity contribution in [3.05, 3.63) is 51.0 Å². The lowest BCUT2D eigenvalue weighted by Gasteiger charge is -2.11. The number of carbonyl (C=O) groups excluding carboxylic acids is 1. The van der Waals surface area contributed by atoms with E-state index in [9.17, 15) is 18.0 Å². The lowest BCUT2D eigenvalue weighted by Crippen LogP contribution is -2.15. The highest BCUT2D eigenvalue weighted by Crippen LogP contribution is 2.27. The number of hydrogen-bond acceptors (Lipinski definition) is 4. The monoisotopic (exact) mass is 455 g/mol. The second-order valence-corrected chi connectivity index (χ2v) is 7.33. The largest absolute Gasteiger partial charge is 0.453 e. The summed E-state index contributed by atoms with van der Waals surface area (Å²) in [5.74, 6) is -1.54. The Balaban J connectivity index is 1.80. The van der Waals surface area contributed by atoms with E-state index in [0.717, 1.165) is 14.6 Å². The molecule has 0 fully saturated rings. The third-order valence-corrected chi connectivity index (χ3v) is 4.87. The molecule has 0 saturated heterocycles. The van der Waals surface area contributed by atoms with Gasteiger partial charge in [-0.25, -0.2) is 9.50 Å². The first-order chi connectivity index (χ1) is 13.1. The zero-order valence-corrected chi connectivity index (χ0v) is 16.9. The van der Waals surface area contributed by atoms with Gasteiger partial charge in [-0.05, 0) is 50.5 Å². The van der Waals surface area contributed by atoms with Gasteiger partial charge in [-0.1, -0.05) is 22.0 Å². The minimum atomic E-state index is -4.64. The van der Waals surface area contributed by atoms with Gasteiger partial charge in [0.05, 0.1) is 0 Å². The Morgan fingerprint density at radius 1 is 1.21 bits per heavy atom. The molecule has 28 heavy (non-hydrogen) atoms. The summed E-state index contributed by atoms with van der Waals surface area (Å²) in [4.78, 5) is 19.9. The van der Waals surface area contributed by atoms with Crippen molar-refractivity contribution in [3.8, 4) is 0 Å². The Morgan fingerprint density at radius 3 is 2.61 bits per heavy atom. The van der Waals surface area contributed by atoms with Crippen molar-refractivity contribution in [2.45, 2.75) is 39.8 Å². The first-order valence-electron chi connectivity index (χ1n) is 8.42. The van der Waals surface area contributed by atoms with Crippen LogP contribution in [0, 0.1) is 20.8 Å². The van der Waals surface area contributed by atoms with Crippen LogP contribution in [0.15, 0.2) is 22.7 Å². The van der Waals surface area contributed by atoms with E-state index in [1.807, 2.05) is 25.1 Å². The minimum Gasteiger partial charge on any atom is -0.326 e. The zero-order valence-electron chi connectivity index (χ0n) is 15.4. The molecule has 0 atom stereocenters. The van der Waals surface area contributed by atoms with Gasteiger partial charge in [0.1, 0.15) is 0 Å². The molecule has 2 heterocycles. The molecule has 1 aromatic carbocycles. The van der Waals surface area contributed by atoms with Crippen LogP contribution in [-0.2, 0) is 17.4 Å². The number of hydrogen-bond donors (Lipinski definition) is 1. The fourth-order valence-corrected chi connectivity index (χ4v) is 3.23. The molecule has 0 saturated carbocycles. The topological polar surface area (TPSA) is 72.2 Å². The van der Waals surface area contributed by atoms with Crippen molar-refractivity contribution >= 4 is 33.3 Å². The minimum absolute atomic E-state index is 0.111. The molecule has 0 spiro atoms.